The molecule has 2 aliphatic heterocycles. The van der Waals surface area contributed by atoms with Gasteiger partial charge in [-0.3, -0.25) is 4.79 Å². The van der Waals surface area contributed by atoms with Crippen molar-refractivity contribution in [2.45, 2.75) is 51.4 Å². The van der Waals surface area contributed by atoms with Gasteiger partial charge in [-0.2, -0.15) is 0 Å². The lowest BCUT2D eigenvalue weighted by Gasteiger charge is -2.46. The summed E-state index contributed by atoms with van der Waals surface area (Å²) in [6, 6.07) is 0. The van der Waals surface area contributed by atoms with Gasteiger partial charge in [0.15, 0.2) is 0 Å². The number of carbonyl (C=O) groups is 1. The van der Waals surface area contributed by atoms with Gasteiger partial charge in [-0.25, -0.2) is 0 Å². The number of fused-ring (bicyclic) bond motifs is 2. The van der Waals surface area contributed by atoms with Crippen LogP contribution in [0.3, 0.4) is 0 Å². The first-order valence-corrected chi connectivity index (χ1v) is 8.75. The Morgan fingerprint density at radius 2 is 2.05 bits per heavy atom. The fourth-order valence-electron chi connectivity index (χ4n) is 5.56. The molecule has 2 saturated carbocycles. The van der Waals surface area contributed by atoms with Gasteiger partial charge in [0, 0.05) is 31.0 Å². The second-order valence-electron chi connectivity index (χ2n) is 7.93. The lowest BCUT2D eigenvalue weighted by molar-refractivity contribution is -0.141. The minimum absolute atomic E-state index is 0.389. The molecule has 0 aromatic heterocycles. The van der Waals surface area contributed by atoms with E-state index in [1.807, 2.05) is 0 Å². The first-order valence-electron chi connectivity index (χ1n) is 8.75. The van der Waals surface area contributed by atoms with Gasteiger partial charge >= 0.3 is 0 Å². The summed E-state index contributed by atoms with van der Waals surface area (Å²) in [6.45, 7) is 4.36. The third kappa shape index (κ3) is 2.18. The maximum atomic E-state index is 12.9. The van der Waals surface area contributed by atoms with Gasteiger partial charge in [0.1, 0.15) is 0 Å². The molecule has 2 bridgehead atoms. The number of piperidine rings is 2. The monoisotopic (exact) mass is 276 g/mol. The van der Waals surface area contributed by atoms with Crippen LogP contribution in [0.4, 0.5) is 0 Å². The fraction of sp³-hybridized carbons (Fsp3) is 0.941. The van der Waals surface area contributed by atoms with E-state index in [2.05, 4.69) is 10.2 Å². The Hall–Kier alpha value is -0.570. The maximum Gasteiger partial charge on any atom is 0.225 e. The van der Waals surface area contributed by atoms with Crippen LogP contribution in [0.2, 0.25) is 0 Å². The summed E-state index contributed by atoms with van der Waals surface area (Å²) in [5.41, 5.74) is 0.407. The Labute approximate surface area is 122 Å². The van der Waals surface area contributed by atoms with Crippen molar-refractivity contribution in [2.24, 2.45) is 23.2 Å². The largest absolute Gasteiger partial charge is 0.342 e. The Balaban J connectivity index is 1.44. The minimum Gasteiger partial charge on any atom is -0.342 e. The van der Waals surface area contributed by atoms with Crippen LogP contribution in [0.1, 0.15) is 51.4 Å². The van der Waals surface area contributed by atoms with Crippen LogP contribution < -0.4 is 5.32 Å². The molecule has 0 aromatic rings. The number of nitrogens with zero attached hydrogens (tertiary/aromatic N) is 1. The van der Waals surface area contributed by atoms with Crippen LogP contribution >= 0.6 is 0 Å². The molecular formula is C17H28N2O. The van der Waals surface area contributed by atoms with Crippen molar-refractivity contribution in [1.82, 2.24) is 10.2 Å². The normalized spacial score (nSPS) is 44.2. The summed E-state index contributed by atoms with van der Waals surface area (Å²) in [7, 11) is 0. The van der Waals surface area contributed by atoms with Crippen LogP contribution in [0, 0.1) is 23.2 Å². The van der Waals surface area contributed by atoms with E-state index in [0.29, 0.717) is 17.2 Å². The predicted molar refractivity (Wildman–Crippen MR) is 79.3 cm³/mol. The molecule has 2 heterocycles. The molecule has 1 N–H and O–H groups in total. The topological polar surface area (TPSA) is 32.3 Å². The minimum atomic E-state index is 0.389. The molecule has 1 spiro atoms. The summed E-state index contributed by atoms with van der Waals surface area (Å²) >= 11 is 0. The lowest BCUT2D eigenvalue weighted by Crippen LogP contribution is -2.53. The summed E-state index contributed by atoms with van der Waals surface area (Å²) in [6.07, 6.45) is 10.4. The molecule has 4 atom stereocenters. The van der Waals surface area contributed by atoms with Crippen LogP contribution in [0.25, 0.3) is 0 Å². The van der Waals surface area contributed by atoms with Crippen molar-refractivity contribution in [2.75, 3.05) is 26.2 Å². The van der Waals surface area contributed by atoms with E-state index in [-0.39, 0.29) is 0 Å². The highest BCUT2D eigenvalue weighted by Crippen LogP contribution is 2.49. The molecule has 1 amide bonds. The van der Waals surface area contributed by atoms with Gasteiger partial charge in [-0.15, -0.1) is 0 Å². The molecule has 4 aliphatic rings. The molecule has 2 saturated heterocycles. The van der Waals surface area contributed by atoms with Crippen molar-refractivity contribution in [3.63, 3.8) is 0 Å². The van der Waals surface area contributed by atoms with Crippen LogP contribution in [0.15, 0.2) is 0 Å². The third-order valence-corrected chi connectivity index (χ3v) is 6.59. The van der Waals surface area contributed by atoms with Gasteiger partial charge in [-0.05, 0) is 63.3 Å². The number of rotatable bonds is 1. The predicted octanol–water partition coefficient (Wildman–Crippen LogP) is 2.41. The molecule has 4 fully saturated rings. The molecule has 0 radical (unpaired) electrons. The average molecular weight is 276 g/mol. The second-order valence-corrected chi connectivity index (χ2v) is 7.93. The highest BCUT2D eigenvalue weighted by Gasteiger charge is 2.46. The average Bonchev–Trinajstić information content (AvgIpc) is 3.10. The van der Waals surface area contributed by atoms with Gasteiger partial charge in [0.2, 0.25) is 5.91 Å². The van der Waals surface area contributed by atoms with Crippen molar-refractivity contribution in [3.05, 3.63) is 0 Å². The van der Waals surface area contributed by atoms with Gasteiger partial charge in [-0.1, -0.05) is 6.42 Å². The van der Waals surface area contributed by atoms with Crippen LogP contribution in [-0.4, -0.2) is 37.0 Å². The number of hydrogen-bond acceptors (Lipinski definition) is 2. The molecule has 2 aliphatic carbocycles. The number of hydrogen-bond donors (Lipinski definition) is 1. The lowest BCUT2D eigenvalue weighted by atomic mass is 9.74. The summed E-state index contributed by atoms with van der Waals surface area (Å²) in [4.78, 5) is 15.2. The van der Waals surface area contributed by atoms with E-state index < -0.39 is 0 Å². The fourth-order valence-corrected chi connectivity index (χ4v) is 5.56. The smallest absolute Gasteiger partial charge is 0.225 e. The zero-order valence-electron chi connectivity index (χ0n) is 12.6. The zero-order chi connectivity index (χ0) is 13.6. The van der Waals surface area contributed by atoms with Crippen molar-refractivity contribution in [1.29, 1.82) is 0 Å². The Morgan fingerprint density at radius 1 is 1.15 bits per heavy atom. The second kappa shape index (κ2) is 5.01. The Morgan fingerprint density at radius 3 is 2.75 bits per heavy atom. The molecule has 4 rings (SSSR count). The van der Waals surface area contributed by atoms with E-state index in [1.165, 1.54) is 57.9 Å². The Kier molecular flexibility index (Phi) is 3.29. The summed E-state index contributed by atoms with van der Waals surface area (Å²) in [5, 5.41) is 3.56. The number of nitrogens with one attached hydrogen (secondary N) is 1. The molecule has 112 valence electrons. The van der Waals surface area contributed by atoms with Gasteiger partial charge in [0.05, 0.1) is 0 Å². The summed E-state index contributed by atoms with van der Waals surface area (Å²) in [5.74, 6) is 2.52. The van der Waals surface area contributed by atoms with E-state index in [9.17, 15) is 4.79 Å². The number of likely N-dealkylation sites (tertiary alicyclic amines) is 1. The molecule has 20 heavy (non-hydrogen) atoms. The van der Waals surface area contributed by atoms with E-state index in [4.69, 9.17) is 0 Å². The standard InChI is InChI=1S/C17H28N2O/c20-16(15-10-13-3-4-14(15)9-13)19-8-2-6-17(12-19)5-1-7-18-11-17/h13-15,18H,1-12H2. The number of amides is 1. The highest BCUT2D eigenvalue weighted by atomic mass is 16.2. The Bertz CT molecular complexity index is 383. The van der Waals surface area contributed by atoms with Crippen molar-refractivity contribution < 1.29 is 4.79 Å². The van der Waals surface area contributed by atoms with Gasteiger partial charge < -0.3 is 10.2 Å². The van der Waals surface area contributed by atoms with E-state index >= 15 is 0 Å². The molecular weight excluding hydrogens is 248 g/mol. The molecule has 3 heteroatoms. The summed E-state index contributed by atoms with van der Waals surface area (Å²) < 4.78 is 0. The van der Waals surface area contributed by atoms with Crippen molar-refractivity contribution in [3.8, 4) is 0 Å². The number of carbonyl (C=O) groups excluding carboxylic acids is 1. The highest BCUT2D eigenvalue weighted by molar-refractivity contribution is 5.80. The first kappa shape index (κ1) is 13.1. The molecule has 4 unspecified atom stereocenters. The quantitative estimate of drug-likeness (QED) is 0.797. The van der Waals surface area contributed by atoms with E-state index in [1.54, 1.807) is 0 Å². The molecule has 0 aromatic carbocycles. The zero-order valence-corrected chi connectivity index (χ0v) is 12.6. The SMILES string of the molecule is O=C(C1CC2CCC1C2)N1CCCC2(CCCNC2)C1. The molecule has 3 nitrogen and oxygen atoms in total. The van der Waals surface area contributed by atoms with Gasteiger partial charge in [0.25, 0.3) is 0 Å². The van der Waals surface area contributed by atoms with E-state index in [0.717, 1.165) is 31.5 Å². The van der Waals surface area contributed by atoms with Crippen LogP contribution in [-0.2, 0) is 4.79 Å². The van der Waals surface area contributed by atoms with Crippen LogP contribution in [0.5, 0.6) is 0 Å². The van der Waals surface area contributed by atoms with Crippen molar-refractivity contribution >= 4 is 5.91 Å². The first-order chi connectivity index (χ1) is 9.76. The third-order valence-electron chi connectivity index (χ3n) is 6.59. The maximum absolute atomic E-state index is 12.9.